The van der Waals surface area contributed by atoms with Gasteiger partial charge in [0.1, 0.15) is 5.82 Å². The fourth-order valence-corrected chi connectivity index (χ4v) is 4.70. The second-order valence-electron chi connectivity index (χ2n) is 9.22. The molecule has 3 rings (SSSR count). The van der Waals surface area contributed by atoms with Gasteiger partial charge < -0.3 is 15.5 Å². The lowest BCUT2D eigenvalue weighted by atomic mass is 9.80. The Morgan fingerprint density at radius 3 is 2.38 bits per heavy atom. The summed E-state index contributed by atoms with van der Waals surface area (Å²) in [4.78, 5) is 6.42. The van der Waals surface area contributed by atoms with Crippen molar-refractivity contribution in [3.8, 4) is 0 Å². The van der Waals surface area contributed by atoms with Crippen LogP contribution < -0.4 is 10.6 Å². The number of rotatable bonds is 5. The van der Waals surface area contributed by atoms with E-state index in [-0.39, 0.29) is 22.9 Å². The number of thiocarbonyl (C=S) groups is 1. The Bertz CT molecular complexity index is 822. The third kappa shape index (κ3) is 6.21. The number of pyridine rings is 1. The number of hydrogen-bond acceptors (Lipinski definition) is 3. The van der Waals surface area contributed by atoms with Crippen molar-refractivity contribution in [1.29, 1.82) is 0 Å². The molecule has 29 heavy (non-hydrogen) atoms. The molecule has 0 atom stereocenters. The van der Waals surface area contributed by atoms with Crippen molar-refractivity contribution < 1.29 is 4.39 Å². The summed E-state index contributed by atoms with van der Waals surface area (Å²) >= 11 is 5.79. The third-order valence-electron chi connectivity index (χ3n) is 5.20. The Morgan fingerprint density at radius 1 is 1.10 bits per heavy atom. The van der Waals surface area contributed by atoms with Crippen LogP contribution >= 0.6 is 12.2 Å². The summed E-state index contributed by atoms with van der Waals surface area (Å²) in [5, 5.41) is 7.89. The van der Waals surface area contributed by atoms with Crippen LogP contribution in [0.2, 0.25) is 0 Å². The summed E-state index contributed by atoms with van der Waals surface area (Å²) in [6, 6.07) is 12.9. The molecule has 0 saturated carbocycles. The molecule has 1 aliphatic heterocycles. The highest BCUT2D eigenvalue weighted by Gasteiger charge is 2.38. The largest absolute Gasteiger partial charge is 0.360 e. The van der Waals surface area contributed by atoms with Gasteiger partial charge in [-0.2, -0.15) is 0 Å². The minimum Gasteiger partial charge on any atom is -0.360 e. The van der Waals surface area contributed by atoms with Crippen LogP contribution in [0.5, 0.6) is 0 Å². The number of piperidine rings is 1. The summed E-state index contributed by atoms with van der Waals surface area (Å²) in [5.74, 6) is -0.217. The van der Waals surface area contributed by atoms with Gasteiger partial charge in [-0.25, -0.2) is 4.39 Å². The maximum absolute atomic E-state index is 14.3. The molecule has 1 fully saturated rings. The first-order valence-electron chi connectivity index (χ1n) is 10.1. The maximum Gasteiger partial charge on any atom is 0.169 e. The molecule has 2 aromatic rings. The van der Waals surface area contributed by atoms with Crippen LogP contribution in [0.25, 0.3) is 0 Å². The van der Waals surface area contributed by atoms with E-state index in [0.29, 0.717) is 23.8 Å². The van der Waals surface area contributed by atoms with E-state index in [0.717, 1.165) is 18.5 Å². The number of halogens is 1. The van der Waals surface area contributed by atoms with E-state index in [1.165, 1.54) is 6.07 Å². The van der Waals surface area contributed by atoms with E-state index in [4.69, 9.17) is 12.2 Å². The lowest BCUT2D eigenvalue weighted by Crippen LogP contribution is -2.62. The fraction of sp³-hybridized carbons (Fsp3) is 0.478. The Morgan fingerprint density at radius 2 is 1.76 bits per heavy atom. The van der Waals surface area contributed by atoms with Gasteiger partial charge in [0.05, 0.1) is 12.2 Å². The quantitative estimate of drug-likeness (QED) is 0.710. The Balaban J connectivity index is 1.77. The van der Waals surface area contributed by atoms with Crippen molar-refractivity contribution in [1.82, 2.24) is 20.5 Å². The van der Waals surface area contributed by atoms with Gasteiger partial charge in [-0.05, 0) is 71.0 Å². The van der Waals surface area contributed by atoms with Gasteiger partial charge in [0.2, 0.25) is 0 Å². The van der Waals surface area contributed by atoms with Gasteiger partial charge in [-0.3, -0.25) is 4.98 Å². The minimum atomic E-state index is -0.217. The zero-order valence-corrected chi connectivity index (χ0v) is 18.5. The SMILES string of the molecule is CC1(C)CC(NC(=S)N(Cc2ccccn2)Cc2ccccc2F)CC(C)(C)N1. The average molecular weight is 415 g/mol. The molecule has 0 spiro atoms. The molecule has 0 radical (unpaired) electrons. The Kier molecular flexibility index (Phi) is 6.54. The van der Waals surface area contributed by atoms with Crippen molar-refractivity contribution >= 4 is 17.3 Å². The molecule has 4 nitrogen and oxygen atoms in total. The van der Waals surface area contributed by atoms with Crippen LogP contribution in [0.15, 0.2) is 48.7 Å². The van der Waals surface area contributed by atoms with Gasteiger partial charge in [-0.15, -0.1) is 0 Å². The van der Waals surface area contributed by atoms with Crippen LogP contribution in [-0.2, 0) is 13.1 Å². The zero-order valence-electron chi connectivity index (χ0n) is 17.7. The van der Waals surface area contributed by atoms with Crippen molar-refractivity contribution in [2.24, 2.45) is 0 Å². The molecule has 2 heterocycles. The number of hydrogen-bond donors (Lipinski definition) is 2. The van der Waals surface area contributed by atoms with E-state index in [2.05, 4.69) is 43.3 Å². The molecule has 1 aromatic carbocycles. The highest BCUT2D eigenvalue weighted by molar-refractivity contribution is 7.80. The van der Waals surface area contributed by atoms with Crippen molar-refractivity contribution in [2.75, 3.05) is 0 Å². The zero-order chi connectivity index (χ0) is 21.1. The average Bonchev–Trinajstić information content (AvgIpc) is 2.61. The number of nitrogens with one attached hydrogen (secondary N) is 2. The van der Waals surface area contributed by atoms with Crippen LogP contribution in [0.1, 0.15) is 51.8 Å². The van der Waals surface area contributed by atoms with Gasteiger partial charge in [0.25, 0.3) is 0 Å². The Hall–Kier alpha value is -2.05. The monoisotopic (exact) mass is 414 g/mol. The first kappa shape index (κ1) is 21.7. The lowest BCUT2D eigenvalue weighted by molar-refractivity contribution is 0.153. The van der Waals surface area contributed by atoms with E-state index < -0.39 is 0 Å². The second kappa shape index (κ2) is 8.76. The molecule has 2 N–H and O–H groups in total. The molecule has 156 valence electrons. The normalized spacial score (nSPS) is 18.2. The van der Waals surface area contributed by atoms with Gasteiger partial charge in [0.15, 0.2) is 5.11 Å². The smallest absolute Gasteiger partial charge is 0.169 e. The molecule has 0 amide bonds. The summed E-state index contributed by atoms with van der Waals surface area (Å²) < 4.78 is 14.3. The van der Waals surface area contributed by atoms with E-state index in [9.17, 15) is 4.39 Å². The van der Waals surface area contributed by atoms with E-state index in [1.54, 1.807) is 18.3 Å². The summed E-state index contributed by atoms with van der Waals surface area (Å²) in [5.41, 5.74) is 1.57. The predicted octanol–water partition coefficient (Wildman–Crippen LogP) is 4.41. The molecule has 0 bridgehead atoms. The second-order valence-corrected chi connectivity index (χ2v) is 9.60. The molecule has 1 aromatic heterocycles. The molecular formula is C23H31FN4S. The number of nitrogens with zero attached hydrogens (tertiary/aromatic N) is 2. The highest BCUT2D eigenvalue weighted by atomic mass is 32.1. The molecule has 1 saturated heterocycles. The molecule has 1 aliphatic rings. The summed E-state index contributed by atoms with van der Waals surface area (Å²) in [6.45, 7) is 9.80. The number of benzene rings is 1. The topological polar surface area (TPSA) is 40.2 Å². The lowest BCUT2D eigenvalue weighted by Gasteiger charge is -2.47. The standard InChI is InChI=1S/C23H31FN4S/c1-22(2)13-19(14-23(3,4)27-22)26-21(29)28(16-18-10-7-8-12-25-18)15-17-9-5-6-11-20(17)24/h5-12,19,27H,13-16H2,1-4H3,(H,26,29). The van der Waals surface area contributed by atoms with Gasteiger partial charge in [-0.1, -0.05) is 24.3 Å². The van der Waals surface area contributed by atoms with Crippen LogP contribution in [0.4, 0.5) is 4.39 Å². The van der Waals surface area contributed by atoms with Crippen LogP contribution in [-0.4, -0.2) is 32.1 Å². The van der Waals surface area contributed by atoms with E-state index >= 15 is 0 Å². The number of aromatic nitrogens is 1. The first-order valence-corrected chi connectivity index (χ1v) is 10.5. The summed E-state index contributed by atoms with van der Waals surface area (Å²) in [7, 11) is 0. The minimum absolute atomic E-state index is 0.0202. The third-order valence-corrected chi connectivity index (χ3v) is 5.58. The maximum atomic E-state index is 14.3. The molecule has 0 aliphatic carbocycles. The van der Waals surface area contributed by atoms with Crippen molar-refractivity contribution in [3.63, 3.8) is 0 Å². The van der Waals surface area contributed by atoms with Crippen molar-refractivity contribution in [2.45, 2.75) is 70.7 Å². The van der Waals surface area contributed by atoms with Crippen LogP contribution in [0.3, 0.4) is 0 Å². The van der Waals surface area contributed by atoms with Crippen LogP contribution in [0, 0.1) is 5.82 Å². The molecular weight excluding hydrogens is 383 g/mol. The van der Waals surface area contributed by atoms with Gasteiger partial charge in [0, 0.05) is 35.4 Å². The highest BCUT2D eigenvalue weighted by Crippen LogP contribution is 2.28. The predicted molar refractivity (Wildman–Crippen MR) is 120 cm³/mol. The van der Waals surface area contributed by atoms with Gasteiger partial charge >= 0.3 is 0 Å². The fourth-order valence-electron chi connectivity index (χ4n) is 4.41. The summed E-state index contributed by atoms with van der Waals surface area (Å²) in [6.07, 6.45) is 3.70. The molecule has 6 heteroatoms. The van der Waals surface area contributed by atoms with E-state index in [1.807, 2.05) is 29.2 Å². The first-order chi connectivity index (χ1) is 13.6. The molecule has 0 unspecified atom stereocenters. The Labute approximate surface area is 178 Å². The van der Waals surface area contributed by atoms with Crippen molar-refractivity contribution in [3.05, 3.63) is 65.7 Å².